The molecule has 0 spiro atoms. The summed E-state index contributed by atoms with van der Waals surface area (Å²) in [7, 11) is 3.36. The molecule has 176 valence electrons. The van der Waals surface area contributed by atoms with E-state index < -0.39 is 0 Å². The minimum absolute atomic E-state index is 0. The molecule has 0 atom stereocenters. The number of guanidine groups is 1. The van der Waals surface area contributed by atoms with Crippen LogP contribution in [0.4, 0.5) is 10.1 Å². The first-order valence-electron chi connectivity index (χ1n) is 10.2. The number of anilines is 1. The van der Waals surface area contributed by atoms with Gasteiger partial charge < -0.3 is 24.8 Å². The van der Waals surface area contributed by atoms with Crippen LogP contribution in [0.25, 0.3) is 0 Å². The zero-order valence-electron chi connectivity index (χ0n) is 18.6. The van der Waals surface area contributed by atoms with Crippen molar-refractivity contribution in [1.29, 1.82) is 0 Å². The first-order valence-corrected chi connectivity index (χ1v) is 10.2. The lowest BCUT2D eigenvalue weighted by Gasteiger charge is -2.15. The fourth-order valence-corrected chi connectivity index (χ4v) is 2.84. The number of nitrogens with zero attached hydrogens (tertiary/aromatic N) is 2. The van der Waals surface area contributed by atoms with E-state index in [1.165, 1.54) is 12.1 Å². The minimum Gasteiger partial charge on any atom is -0.493 e. The van der Waals surface area contributed by atoms with Crippen LogP contribution in [0.5, 0.6) is 17.4 Å². The van der Waals surface area contributed by atoms with Crippen LogP contribution in [0.2, 0.25) is 0 Å². The number of aromatic nitrogens is 1. The molecular formula is C24H28FIN4O3. The smallest absolute Gasteiger partial charge is 0.224 e. The van der Waals surface area contributed by atoms with Gasteiger partial charge in [0.1, 0.15) is 17.3 Å². The Morgan fingerprint density at radius 2 is 1.85 bits per heavy atom. The van der Waals surface area contributed by atoms with Crippen molar-refractivity contribution in [2.45, 2.75) is 13.0 Å². The van der Waals surface area contributed by atoms with Crippen molar-refractivity contribution in [3.05, 3.63) is 78.2 Å². The van der Waals surface area contributed by atoms with Crippen LogP contribution in [-0.2, 0) is 11.3 Å². The number of rotatable bonds is 10. The van der Waals surface area contributed by atoms with Gasteiger partial charge in [0, 0.05) is 63.3 Å². The highest BCUT2D eigenvalue weighted by atomic mass is 127. The highest BCUT2D eigenvalue weighted by molar-refractivity contribution is 14.0. The summed E-state index contributed by atoms with van der Waals surface area (Å²) in [4.78, 5) is 8.54. The summed E-state index contributed by atoms with van der Waals surface area (Å²) < 4.78 is 30.0. The highest BCUT2D eigenvalue weighted by Gasteiger charge is 2.08. The number of hydrogen-bond acceptors (Lipinski definition) is 5. The first kappa shape index (κ1) is 26.3. The second-order valence-electron chi connectivity index (χ2n) is 6.80. The number of hydrogen-bond donors (Lipinski definition) is 2. The highest BCUT2D eigenvalue weighted by Crippen LogP contribution is 2.23. The lowest BCUT2D eigenvalue weighted by atomic mass is 10.2. The Morgan fingerprint density at radius 1 is 1.03 bits per heavy atom. The normalized spacial score (nSPS) is 10.8. The van der Waals surface area contributed by atoms with Gasteiger partial charge in [-0.1, -0.05) is 18.2 Å². The van der Waals surface area contributed by atoms with Crippen LogP contribution >= 0.6 is 24.0 Å². The molecule has 0 unspecified atom stereocenters. The molecule has 9 heteroatoms. The van der Waals surface area contributed by atoms with E-state index >= 15 is 0 Å². The predicted molar refractivity (Wildman–Crippen MR) is 138 cm³/mol. The number of halogens is 2. The number of benzene rings is 2. The van der Waals surface area contributed by atoms with Gasteiger partial charge in [0.05, 0.1) is 6.61 Å². The summed E-state index contributed by atoms with van der Waals surface area (Å²) in [5.41, 5.74) is 1.64. The van der Waals surface area contributed by atoms with Crippen LogP contribution in [0, 0.1) is 5.82 Å². The van der Waals surface area contributed by atoms with E-state index in [0.29, 0.717) is 37.3 Å². The van der Waals surface area contributed by atoms with Gasteiger partial charge >= 0.3 is 0 Å². The molecule has 3 aromatic rings. The third-order valence-electron chi connectivity index (χ3n) is 4.39. The summed E-state index contributed by atoms with van der Waals surface area (Å²) in [5.74, 6) is 1.75. The molecule has 0 saturated carbocycles. The van der Waals surface area contributed by atoms with E-state index in [1.807, 2.05) is 36.4 Å². The molecule has 7 nitrogen and oxygen atoms in total. The number of methoxy groups -OCH3 is 1. The van der Waals surface area contributed by atoms with Gasteiger partial charge in [0.2, 0.25) is 5.88 Å². The van der Waals surface area contributed by atoms with Crippen molar-refractivity contribution in [2.24, 2.45) is 4.99 Å². The summed E-state index contributed by atoms with van der Waals surface area (Å²) in [5, 5.41) is 6.48. The Balaban J connectivity index is 0.00000385. The SMILES string of the molecule is CN=C(NCc1cccnc1Oc1cccc(F)c1)Nc1cccc(OCCCOC)c1.I. The third kappa shape index (κ3) is 8.85. The van der Waals surface area contributed by atoms with Crippen molar-refractivity contribution >= 4 is 35.6 Å². The van der Waals surface area contributed by atoms with Crippen LogP contribution in [0.15, 0.2) is 71.9 Å². The summed E-state index contributed by atoms with van der Waals surface area (Å²) in [6, 6.07) is 17.3. The fourth-order valence-electron chi connectivity index (χ4n) is 2.84. The van der Waals surface area contributed by atoms with E-state index in [4.69, 9.17) is 14.2 Å². The zero-order chi connectivity index (χ0) is 22.6. The fraction of sp³-hybridized carbons (Fsp3) is 0.250. The largest absolute Gasteiger partial charge is 0.493 e. The maximum Gasteiger partial charge on any atom is 0.224 e. The number of pyridine rings is 1. The van der Waals surface area contributed by atoms with Crippen LogP contribution in [0.1, 0.15) is 12.0 Å². The molecule has 2 aromatic carbocycles. The van der Waals surface area contributed by atoms with Gasteiger partial charge in [0.25, 0.3) is 0 Å². The molecular weight excluding hydrogens is 538 g/mol. The Kier molecular flexibility index (Phi) is 11.4. The average molecular weight is 566 g/mol. The molecule has 0 fully saturated rings. The Morgan fingerprint density at radius 3 is 2.64 bits per heavy atom. The van der Waals surface area contributed by atoms with E-state index in [-0.39, 0.29) is 29.8 Å². The molecule has 0 bridgehead atoms. The van der Waals surface area contributed by atoms with Gasteiger partial charge in [-0.2, -0.15) is 0 Å². The molecule has 1 heterocycles. The Hall–Kier alpha value is -2.92. The second kappa shape index (κ2) is 14.3. The van der Waals surface area contributed by atoms with Crippen LogP contribution in [0.3, 0.4) is 0 Å². The second-order valence-corrected chi connectivity index (χ2v) is 6.80. The van der Waals surface area contributed by atoms with Gasteiger partial charge in [-0.05, 0) is 30.3 Å². The summed E-state index contributed by atoms with van der Waals surface area (Å²) >= 11 is 0. The monoisotopic (exact) mass is 566 g/mol. The molecule has 1 aromatic heterocycles. The number of aliphatic imine (C=N–C) groups is 1. The minimum atomic E-state index is -0.368. The lowest BCUT2D eigenvalue weighted by molar-refractivity contribution is 0.172. The topological polar surface area (TPSA) is 77.0 Å². The van der Waals surface area contributed by atoms with Crippen molar-refractivity contribution in [2.75, 3.05) is 32.7 Å². The Bertz CT molecular complexity index is 1040. The van der Waals surface area contributed by atoms with E-state index in [0.717, 1.165) is 23.4 Å². The van der Waals surface area contributed by atoms with Crippen molar-refractivity contribution in [3.8, 4) is 17.4 Å². The molecule has 2 N–H and O–H groups in total. The molecule has 0 radical (unpaired) electrons. The van der Waals surface area contributed by atoms with Gasteiger partial charge in [-0.15, -0.1) is 24.0 Å². The molecule has 0 saturated heterocycles. The van der Waals surface area contributed by atoms with E-state index in [2.05, 4.69) is 20.6 Å². The molecule has 0 aliphatic rings. The van der Waals surface area contributed by atoms with Gasteiger partial charge in [-0.25, -0.2) is 9.37 Å². The number of ether oxygens (including phenoxy) is 3. The quantitative estimate of drug-likeness (QED) is 0.152. The molecule has 3 rings (SSSR count). The van der Waals surface area contributed by atoms with E-state index in [9.17, 15) is 4.39 Å². The van der Waals surface area contributed by atoms with Gasteiger partial charge in [0.15, 0.2) is 5.96 Å². The predicted octanol–water partition coefficient (Wildman–Crippen LogP) is 5.23. The van der Waals surface area contributed by atoms with Crippen LogP contribution < -0.4 is 20.1 Å². The maximum absolute atomic E-state index is 13.5. The maximum atomic E-state index is 13.5. The average Bonchev–Trinajstić information content (AvgIpc) is 2.81. The third-order valence-corrected chi connectivity index (χ3v) is 4.39. The number of nitrogens with one attached hydrogen (secondary N) is 2. The molecule has 33 heavy (non-hydrogen) atoms. The molecule has 0 aliphatic carbocycles. The zero-order valence-corrected chi connectivity index (χ0v) is 20.9. The summed E-state index contributed by atoms with van der Waals surface area (Å²) in [6.07, 6.45) is 2.45. The first-order chi connectivity index (χ1) is 15.7. The van der Waals surface area contributed by atoms with Crippen molar-refractivity contribution < 1.29 is 18.6 Å². The van der Waals surface area contributed by atoms with Crippen molar-refractivity contribution in [1.82, 2.24) is 10.3 Å². The van der Waals surface area contributed by atoms with E-state index in [1.54, 1.807) is 32.5 Å². The van der Waals surface area contributed by atoms with Gasteiger partial charge in [-0.3, -0.25) is 4.99 Å². The van der Waals surface area contributed by atoms with Crippen molar-refractivity contribution in [3.63, 3.8) is 0 Å². The Labute approximate surface area is 210 Å². The molecule has 0 aliphatic heterocycles. The van der Waals surface area contributed by atoms with Crippen LogP contribution in [-0.4, -0.2) is 38.3 Å². The summed E-state index contributed by atoms with van der Waals surface area (Å²) in [6.45, 7) is 1.65. The molecule has 0 amide bonds. The standard InChI is InChI=1S/C24H27FN4O3.HI/c1-26-24(29-20-9-4-10-21(16-20)31-14-6-13-30-2)28-17-18-7-5-12-27-23(18)32-22-11-3-8-19(25)15-22;/h3-5,7-12,15-16H,6,13-14,17H2,1-2H3,(H2,26,28,29);1H. The lowest BCUT2D eigenvalue weighted by Crippen LogP contribution is -2.30.